The summed E-state index contributed by atoms with van der Waals surface area (Å²) in [5.41, 5.74) is 3.41. The van der Waals surface area contributed by atoms with Gasteiger partial charge in [0.2, 0.25) is 0 Å². The largest absolute Gasteiger partial charge is 0.378 e. The van der Waals surface area contributed by atoms with Crippen LogP contribution in [0.4, 0.5) is 11.4 Å². The summed E-state index contributed by atoms with van der Waals surface area (Å²) in [6.45, 7) is 8.06. The molecule has 2 amide bonds. The minimum atomic E-state index is -0.546. The van der Waals surface area contributed by atoms with Crippen LogP contribution in [0, 0.1) is 24.0 Å². The number of benzene rings is 1. The Morgan fingerprint density at radius 3 is 2.56 bits per heavy atom. The Labute approximate surface area is 201 Å². The number of rotatable bonds is 5. The van der Waals surface area contributed by atoms with Gasteiger partial charge in [0.1, 0.15) is 11.3 Å². The highest BCUT2D eigenvalue weighted by Crippen LogP contribution is 2.33. The van der Waals surface area contributed by atoms with E-state index >= 15 is 0 Å². The Bertz CT molecular complexity index is 1230. The molecule has 0 aliphatic carbocycles. The minimum Gasteiger partial charge on any atom is -0.378 e. The van der Waals surface area contributed by atoms with E-state index < -0.39 is 11.8 Å². The van der Waals surface area contributed by atoms with Crippen LogP contribution < -0.4 is 10.2 Å². The molecular formula is C23H25N5O5S. The molecule has 0 bridgehead atoms. The Hall–Kier alpha value is -3.57. The first-order valence-corrected chi connectivity index (χ1v) is 11.3. The van der Waals surface area contributed by atoms with Gasteiger partial charge in [0.05, 0.1) is 23.8 Å². The highest BCUT2D eigenvalue weighted by atomic mass is 32.1. The molecule has 2 saturated heterocycles. The third-order valence-corrected chi connectivity index (χ3v) is 6.36. The highest BCUT2D eigenvalue weighted by molar-refractivity contribution is 7.80. The van der Waals surface area contributed by atoms with Gasteiger partial charge in [0.25, 0.3) is 17.5 Å². The number of nitro groups is 1. The summed E-state index contributed by atoms with van der Waals surface area (Å²) in [6, 6.07) is 6.99. The second-order valence-corrected chi connectivity index (χ2v) is 8.44. The molecule has 1 aromatic carbocycles. The van der Waals surface area contributed by atoms with Crippen LogP contribution in [0.1, 0.15) is 23.9 Å². The molecule has 2 fully saturated rings. The van der Waals surface area contributed by atoms with Crippen molar-refractivity contribution in [3.63, 3.8) is 0 Å². The topological polar surface area (TPSA) is 110 Å². The van der Waals surface area contributed by atoms with Crippen LogP contribution in [0.2, 0.25) is 0 Å². The molecule has 0 spiro atoms. The van der Waals surface area contributed by atoms with E-state index in [0.29, 0.717) is 49.8 Å². The van der Waals surface area contributed by atoms with E-state index in [-0.39, 0.29) is 21.3 Å². The summed E-state index contributed by atoms with van der Waals surface area (Å²) in [7, 11) is 0. The zero-order valence-electron chi connectivity index (χ0n) is 19.2. The van der Waals surface area contributed by atoms with Gasteiger partial charge in [-0.05, 0) is 62.8 Å². The van der Waals surface area contributed by atoms with Crippen LogP contribution >= 0.6 is 12.2 Å². The van der Waals surface area contributed by atoms with Gasteiger partial charge >= 0.3 is 0 Å². The summed E-state index contributed by atoms with van der Waals surface area (Å²) in [5, 5.41) is 14.5. The maximum absolute atomic E-state index is 12.8. The van der Waals surface area contributed by atoms with Gasteiger partial charge in [0, 0.05) is 37.1 Å². The zero-order chi connectivity index (χ0) is 24.6. The van der Waals surface area contributed by atoms with Gasteiger partial charge in [-0.2, -0.15) is 0 Å². The van der Waals surface area contributed by atoms with E-state index in [9.17, 15) is 19.7 Å². The van der Waals surface area contributed by atoms with Crippen LogP contribution in [0.5, 0.6) is 0 Å². The number of hydrogen-bond acceptors (Lipinski definition) is 7. The second-order valence-electron chi connectivity index (χ2n) is 8.06. The lowest BCUT2D eigenvalue weighted by Crippen LogP contribution is -2.53. The molecule has 34 heavy (non-hydrogen) atoms. The van der Waals surface area contributed by atoms with Crippen molar-refractivity contribution in [1.29, 1.82) is 0 Å². The minimum absolute atomic E-state index is 0.00986. The number of aryl methyl sites for hydroxylation is 1. The molecule has 4 rings (SSSR count). The van der Waals surface area contributed by atoms with Gasteiger partial charge in [-0.3, -0.25) is 29.9 Å². The fourth-order valence-corrected chi connectivity index (χ4v) is 4.64. The van der Waals surface area contributed by atoms with Gasteiger partial charge in [0.15, 0.2) is 5.11 Å². The van der Waals surface area contributed by atoms with Crippen LogP contribution in [-0.4, -0.2) is 64.2 Å². The fourth-order valence-electron chi connectivity index (χ4n) is 4.34. The Morgan fingerprint density at radius 1 is 1.21 bits per heavy atom. The molecule has 1 aromatic heterocycles. The molecular weight excluding hydrogens is 458 g/mol. The van der Waals surface area contributed by atoms with Crippen LogP contribution in [-0.2, 0) is 14.3 Å². The number of nitrogens with one attached hydrogen (secondary N) is 1. The van der Waals surface area contributed by atoms with E-state index in [1.807, 2.05) is 35.4 Å². The average Bonchev–Trinajstić information content (AvgIpc) is 3.09. The summed E-state index contributed by atoms with van der Waals surface area (Å²) < 4.78 is 7.23. The SMILES string of the molecule is CCN1C(=O)/C(=C/c2cc(C)n(-c3ccc(N4CCOCC4)c([N+](=O)[O-])c3)c2C)C(=O)NC1=S. The van der Waals surface area contributed by atoms with Gasteiger partial charge in [-0.15, -0.1) is 0 Å². The van der Waals surface area contributed by atoms with Crippen LogP contribution in [0.3, 0.4) is 0 Å². The molecule has 2 aliphatic heterocycles. The first kappa shape index (κ1) is 23.6. The molecule has 0 radical (unpaired) electrons. The van der Waals surface area contributed by atoms with Gasteiger partial charge in [-0.25, -0.2) is 0 Å². The number of carbonyl (C=O) groups excluding carboxylic acids is 2. The molecule has 11 heteroatoms. The predicted molar refractivity (Wildman–Crippen MR) is 131 cm³/mol. The molecule has 10 nitrogen and oxygen atoms in total. The summed E-state index contributed by atoms with van der Waals surface area (Å²) in [5.74, 6) is -0.999. The third-order valence-electron chi connectivity index (χ3n) is 6.04. The first-order chi connectivity index (χ1) is 16.2. The number of carbonyl (C=O) groups is 2. The lowest BCUT2D eigenvalue weighted by Gasteiger charge is -2.28. The number of amides is 2. The number of ether oxygens (including phenoxy) is 1. The number of thiocarbonyl (C=S) groups is 1. The lowest BCUT2D eigenvalue weighted by molar-refractivity contribution is -0.384. The van der Waals surface area contributed by atoms with Crippen molar-refractivity contribution in [3.05, 3.63) is 56.9 Å². The zero-order valence-corrected chi connectivity index (χ0v) is 20.0. The summed E-state index contributed by atoms with van der Waals surface area (Å²) in [4.78, 5) is 40.0. The van der Waals surface area contributed by atoms with Crippen LogP contribution in [0.25, 0.3) is 11.8 Å². The molecule has 2 aliphatic rings. The molecule has 0 saturated carbocycles. The van der Waals surface area contributed by atoms with E-state index in [4.69, 9.17) is 17.0 Å². The van der Waals surface area contributed by atoms with Crippen molar-refractivity contribution < 1.29 is 19.2 Å². The Kier molecular flexibility index (Phi) is 6.49. The predicted octanol–water partition coefficient (Wildman–Crippen LogP) is 2.49. The smallest absolute Gasteiger partial charge is 0.294 e. The Balaban J connectivity index is 1.74. The van der Waals surface area contributed by atoms with E-state index in [0.717, 1.165) is 11.4 Å². The number of likely N-dealkylation sites (N-methyl/N-ethyl adjacent to an activating group) is 1. The number of anilines is 1. The van der Waals surface area contributed by atoms with Crippen molar-refractivity contribution in [3.8, 4) is 5.69 Å². The molecule has 3 heterocycles. The first-order valence-electron chi connectivity index (χ1n) is 10.9. The van der Waals surface area contributed by atoms with Crippen molar-refractivity contribution in [1.82, 2.24) is 14.8 Å². The van der Waals surface area contributed by atoms with E-state index in [2.05, 4.69) is 5.32 Å². The lowest BCUT2D eigenvalue weighted by atomic mass is 10.1. The molecule has 2 aromatic rings. The number of aromatic nitrogens is 1. The molecule has 178 valence electrons. The second kappa shape index (κ2) is 9.35. The van der Waals surface area contributed by atoms with E-state index in [1.54, 1.807) is 19.1 Å². The fraction of sp³-hybridized carbons (Fsp3) is 0.348. The highest BCUT2D eigenvalue weighted by Gasteiger charge is 2.32. The quantitative estimate of drug-likeness (QED) is 0.229. The molecule has 0 unspecified atom stereocenters. The maximum atomic E-state index is 12.8. The number of nitro benzene ring substituents is 1. The van der Waals surface area contributed by atoms with Crippen molar-refractivity contribution in [2.75, 3.05) is 37.7 Å². The van der Waals surface area contributed by atoms with E-state index in [1.165, 1.54) is 11.0 Å². The molecule has 1 N–H and O–H groups in total. The normalized spacial score (nSPS) is 18.0. The number of nitrogens with zero attached hydrogens (tertiary/aromatic N) is 4. The van der Waals surface area contributed by atoms with Crippen molar-refractivity contribution >= 4 is 46.6 Å². The van der Waals surface area contributed by atoms with Crippen molar-refractivity contribution in [2.45, 2.75) is 20.8 Å². The standard InChI is InChI=1S/C23H25N5O5S/c1-4-26-22(30)18(21(29)24-23(26)34)12-16-11-14(2)27(15(16)3)17-5-6-19(20(13-17)28(31)32)25-7-9-33-10-8-25/h5-6,11-13H,4,7-10H2,1-3H3,(H,24,29,34)/b18-12+. The van der Waals surface area contributed by atoms with Crippen molar-refractivity contribution in [2.24, 2.45) is 0 Å². The number of hydrogen-bond donors (Lipinski definition) is 1. The number of morpholine rings is 1. The van der Waals surface area contributed by atoms with Gasteiger partial charge < -0.3 is 14.2 Å². The molecule has 0 atom stereocenters. The average molecular weight is 484 g/mol. The third kappa shape index (κ3) is 4.19. The van der Waals surface area contributed by atoms with Crippen LogP contribution in [0.15, 0.2) is 29.8 Å². The summed E-state index contributed by atoms with van der Waals surface area (Å²) >= 11 is 5.08. The maximum Gasteiger partial charge on any atom is 0.294 e. The Morgan fingerprint density at radius 2 is 1.91 bits per heavy atom. The monoisotopic (exact) mass is 483 g/mol. The van der Waals surface area contributed by atoms with Gasteiger partial charge in [-0.1, -0.05) is 0 Å². The summed E-state index contributed by atoms with van der Waals surface area (Å²) in [6.07, 6.45) is 1.54.